The first-order valence-electron chi connectivity index (χ1n) is 9.39. The summed E-state index contributed by atoms with van der Waals surface area (Å²) in [4.78, 5) is 37.8. The van der Waals surface area contributed by atoms with E-state index in [1.54, 1.807) is 25.7 Å². The van der Waals surface area contributed by atoms with E-state index < -0.39 is 17.8 Å². The van der Waals surface area contributed by atoms with E-state index in [1.807, 2.05) is 37.3 Å². The molecule has 1 aromatic carbocycles. The van der Waals surface area contributed by atoms with Gasteiger partial charge in [-0.2, -0.15) is 0 Å². The van der Waals surface area contributed by atoms with Gasteiger partial charge in [-0.25, -0.2) is 9.59 Å². The average molecular weight is 391 g/mol. The molecule has 1 saturated heterocycles. The summed E-state index contributed by atoms with van der Waals surface area (Å²) in [5, 5.41) is 5.28. The highest BCUT2D eigenvalue weighted by Crippen LogP contribution is 2.18. The number of hydrogen-bond donors (Lipinski definition) is 2. The zero-order chi connectivity index (χ0) is 20.7. The van der Waals surface area contributed by atoms with Gasteiger partial charge in [0.1, 0.15) is 18.8 Å². The SMILES string of the molecule is C[C@H]1C(NC(=O)OC(C)(C)C)CCN1C(=O)CNC(=O)OCc1ccccc1. The van der Waals surface area contributed by atoms with E-state index in [0.29, 0.717) is 13.0 Å². The minimum Gasteiger partial charge on any atom is -0.445 e. The number of nitrogens with one attached hydrogen (secondary N) is 2. The molecule has 0 spiro atoms. The van der Waals surface area contributed by atoms with Gasteiger partial charge < -0.3 is 25.0 Å². The van der Waals surface area contributed by atoms with Crippen LogP contribution in [-0.4, -0.2) is 53.8 Å². The molecule has 28 heavy (non-hydrogen) atoms. The molecular formula is C20H29N3O5. The normalized spacial score (nSPS) is 19.1. The van der Waals surface area contributed by atoms with Crippen LogP contribution in [0.1, 0.15) is 39.7 Å². The number of nitrogens with zero attached hydrogens (tertiary/aromatic N) is 1. The summed E-state index contributed by atoms with van der Waals surface area (Å²) in [6.45, 7) is 7.73. The Morgan fingerprint density at radius 3 is 2.46 bits per heavy atom. The Labute approximate surface area is 165 Å². The molecule has 2 atom stereocenters. The fourth-order valence-corrected chi connectivity index (χ4v) is 2.97. The molecule has 1 aliphatic rings. The molecule has 2 rings (SSSR count). The summed E-state index contributed by atoms with van der Waals surface area (Å²) in [7, 11) is 0. The van der Waals surface area contributed by atoms with Gasteiger partial charge in [0.25, 0.3) is 0 Å². The number of likely N-dealkylation sites (tertiary alicyclic amines) is 1. The van der Waals surface area contributed by atoms with Crippen molar-refractivity contribution in [1.29, 1.82) is 0 Å². The molecule has 0 aromatic heterocycles. The van der Waals surface area contributed by atoms with Crippen LogP contribution in [0, 0.1) is 0 Å². The predicted molar refractivity (Wildman–Crippen MR) is 104 cm³/mol. The zero-order valence-corrected chi connectivity index (χ0v) is 16.9. The van der Waals surface area contributed by atoms with Crippen molar-refractivity contribution in [2.24, 2.45) is 0 Å². The van der Waals surface area contributed by atoms with E-state index in [9.17, 15) is 14.4 Å². The van der Waals surface area contributed by atoms with Crippen LogP contribution in [0.15, 0.2) is 30.3 Å². The molecule has 1 fully saturated rings. The quantitative estimate of drug-likeness (QED) is 0.803. The molecule has 0 bridgehead atoms. The lowest BCUT2D eigenvalue weighted by Gasteiger charge is -2.26. The van der Waals surface area contributed by atoms with Gasteiger partial charge in [-0.15, -0.1) is 0 Å². The second kappa shape index (κ2) is 9.43. The van der Waals surface area contributed by atoms with Crippen LogP contribution in [-0.2, 0) is 20.9 Å². The van der Waals surface area contributed by atoms with E-state index >= 15 is 0 Å². The first-order chi connectivity index (χ1) is 13.2. The Kier molecular flexibility index (Phi) is 7.25. The maximum absolute atomic E-state index is 12.4. The Bertz CT molecular complexity index is 687. The van der Waals surface area contributed by atoms with E-state index in [2.05, 4.69) is 10.6 Å². The van der Waals surface area contributed by atoms with Gasteiger partial charge >= 0.3 is 12.2 Å². The maximum atomic E-state index is 12.4. The standard InChI is InChI=1S/C20H29N3O5/c1-14-16(22-19(26)28-20(2,3)4)10-11-23(14)17(24)12-21-18(25)27-13-15-8-6-5-7-9-15/h5-9,14,16H,10-13H2,1-4H3,(H,21,25)(H,22,26)/t14-,16?/m0/s1. The van der Waals surface area contributed by atoms with Crippen molar-refractivity contribution < 1.29 is 23.9 Å². The summed E-state index contributed by atoms with van der Waals surface area (Å²) in [5.41, 5.74) is 0.291. The Morgan fingerprint density at radius 2 is 1.82 bits per heavy atom. The molecule has 0 saturated carbocycles. The molecule has 1 heterocycles. The third-order valence-electron chi connectivity index (χ3n) is 4.37. The fraction of sp³-hybridized carbons (Fsp3) is 0.550. The van der Waals surface area contributed by atoms with Crippen LogP contribution >= 0.6 is 0 Å². The average Bonchev–Trinajstić information content (AvgIpc) is 2.97. The summed E-state index contributed by atoms with van der Waals surface area (Å²) in [6.07, 6.45) is -0.515. The molecule has 1 aliphatic heterocycles. The van der Waals surface area contributed by atoms with Crippen LogP contribution in [0.5, 0.6) is 0 Å². The summed E-state index contributed by atoms with van der Waals surface area (Å²) >= 11 is 0. The lowest BCUT2D eigenvalue weighted by Crippen LogP contribution is -2.48. The molecule has 154 valence electrons. The minimum absolute atomic E-state index is 0.142. The monoisotopic (exact) mass is 391 g/mol. The van der Waals surface area contributed by atoms with Crippen molar-refractivity contribution in [3.63, 3.8) is 0 Å². The Hall–Kier alpha value is -2.77. The number of alkyl carbamates (subject to hydrolysis) is 2. The van der Waals surface area contributed by atoms with Crippen molar-refractivity contribution in [3.05, 3.63) is 35.9 Å². The molecular weight excluding hydrogens is 362 g/mol. The highest BCUT2D eigenvalue weighted by molar-refractivity contribution is 5.83. The van der Waals surface area contributed by atoms with E-state index in [-0.39, 0.29) is 31.1 Å². The summed E-state index contributed by atoms with van der Waals surface area (Å²) in [6, 6.07) is 8.91. The number of carbonyl (C=O) groups is 3. The molecule has 3 amide bonds. The largest absolute Gasteiger partial charge is 0.445 e. The van der Waals surface area contributed by atoms with Gasteiger partial charge in [-0.3, -0.25) is 4.79 Å². The van der Waals surface area contributed by atoms with Gasteiger partial charge in [-0.1, -0.05) is 30.3 Å². The third-order valence-corrected chi connectivity index (χ3v) is 4.37. The lowest BCUT2D eigenvalue weighted by molar-refractivity contribution is -0.130. The van der Waals surface area contributed by atoms with Gasteiger partial charge in [0.05, 0.1) is 6.04 Å². The second-order valence-electron chi connectivity index (χ2n) is 7.78. The fourth-order valence-electron chi connectivity index (χ4n) is 2.97. The molecule has 0 aliphatic carbocycles. The van der Waals surface area contributed by atoms with Crippen LogP contribution in [0.4, 0.5) is 9.59 Å². The summed E-state index contributed by atoms with van der Waals surface area (Å²) < 4.78 is 10.4. The molecule has 2 N–H and O–H groups in total. The molecule has 0 radical (unpaired) electrons. The smallest absolute Gasteiger partial charge is 0.407 e. The molecule has 1 unspecified atom stereocenters. The van der Waals surface area contributed by atoms with E-state index in [4.69, 9.17) is 9.47 Å². The Balaban J connectivity index is 1.73. The van der Waals surface area contributed by atoms with Crippen molar-refractivity contribution in [2.75, 3.05) is 13.1 Å². The number of ether oxygens (including phenoxy) is 2. The van der Waals surface area contributed by atoms with Crippen LogP contribution < -0.4 is 10.6 Å². The maximum Gasteiger partial charge on any atom is 0.407 e. The van der Waals surface area contributed by atoms with Gasteiger partial charge in [0, 0.05) is 12.6 Å². The summed E-state index contributed by atoms with van der Waals surface area (Å²) in [5.74, 6) is -0.224. The van der Waals surface area contributed by atoms with Crippen LogP contribution in [0.2, 0.25) is 0 Å². The topological polar surface area (TPSA) is 97.0 Å². The van der Waals surface area contributed by atoms with Crippen LogP contribution in [0.3, 0.4) is 0 Å². The predicted octanol–water partition coefficient (Wildman–Crippen LogP) is 2.43. The van der Waals surface area contributed by atoms with Crippen molar-refractivity contribution >= 4 is 18.1 Å². The molecule has 1 aromatic rings. The molecule has 8 heteroatoms. The van der Waals surface area contributed by atoms with Gasteiger partial charge in [0.15, 0.2) is 0 Å². The number of carbonyl (C=O) groups excluding carboxylic acids is 3. The van der Waals surface area contributed by atoms with Gasteiger partial charge in [-0.05, 0) is 39.7 Å². The van der Waals surface area contributed by atoms with E-state index in [0.717, 1.165) is 5.56 Å². The lowest BCUT2D eigenvalue weighted by atomic mass is 10.1. The first kappa shape index (κ1) is 21.5. The van der Waals surface area contributed by atoms with E-state index in [1.165, 1.54) is 0 Å². The van der Waals surface area contributed by atoms with Crippen molar-refractivity contribution in [3.8, 4) is 0 Å². The Morgan fingerprint density at radius 1 is 1.14 bits per heavy atom. The van der Waals surface area contributed by atoms with Crippen molar-refractivity contribution in [1.82, 2.24) is 15.5 Å². The highest BCUT2D eigenvalue weighted by atomic mass is 16.6. The number of amides is 3. The van der Waals surface area contributed by atoms with Crippen LogP contribution in [0.25, 0.3) is 0 Å². The van der Waals surface area contributed by atoms with Gasteiger partial charge in [0.2, 0.25) is 5.91 Å². The third kappa shape index (κ3) is 6.75. The minimum atomic E-state index is -0.646. The number of hydrogen-bond acceptors (Lipinski definition) is 5. The van der Waals surface area contributed by atoms with Crippen molar-refractivity contribution in [2.45, 2.75) is 58.4 Å². The number of rotatable bonds is 5. The zero-order valence-electron chi connectivity index (χ0n) is 16.9. The number of benzene rings is 1. The second-order valence-corrected chi connectivity index (χ2v) is 7.78. The highest BCUT2D eigenvalue weighted by Gasteiger charge is 2.35. The first-order valence-corrected chi connectivity index (χ1v) is 9.39. The molecule has 8 nitrogen and oxygen atoms in total.